The monoisotopic (exact) mass is 367 g/mol. The lowest BCUT2D eigenvalue weighted by Crippen LogP contribution is -2.58. The van der Waals surface area contributed by atoms with E-state index in [2.05, 4.69) is 4.98 Å². The van der Waals surface area contributed by atoms with E-state index in [1.54, 1.807) is 18.1 Å². The van der Waals surface area contributed by atoms with Gasteiger partial charge in [-0.25, -0.2) is 9.78 Å². The fraction of sp³-hybridized carbons (Fsp3) is 0.625. The van der Waals surface area contributed by atoms with Crippen LogP contribution >= 0.6 is 0 Å². The molecular weight excluding hydrogens is 342 g/mol. The molecule has 2 rings (SSSR count). The van der Waals surface area contributed by atoms with E-state index in [-0.39, 0.29) is 17.5 Å². The second-order valence-electron chi connectivity index (χ2n) is 7.06. The summed E-state index contributed by atoms with van der Waals surface area (Å²) in [7, 11) is 1.56. The van der Waals surface area contributed by atoms with Gasteiger partial charge in [0.05, 0.1) is 17.6 Å². The van der Waals surface area contributed by atoms with Crippen LogP contribution in [0.3, 0.4) is 0 Å². The van der Waals surface area contributed by atoms with Gasteiger partial charge >= 0.3 is 11.8 Å². The van der Waals surface area contributed by atoms with Gasteiger partial charge in [0.1, 0.15) is 11.4 Å². The fourth-order valence-corrected chi connectivity index (χ4v) is 2.75. The second-order valence-corrected chi connectivity index (χ2v) is 7.06. The number of nitro groups is 1. The summed E-state index contributed by atoms with van der Waals surface area (Å²) in [5, 5.41) is 10.9. The van der Waals surface area contributed by atoms with Crippen molar-refractivity contribution >= 4 is 23.4 Å². The Morgan fingerprint density at radius 2 is 2.12 bits per heavy atom. The van der Waals surface area contributed by atoms with Crippen LogP contribution in [0.15, 0.2) is 12.1 Å². The molecule has 0 aromatic carbocycles. The number of hydrogen-bond donors (Lipinski definition) is 1. The Hall–Kier alpha value is -2.62. The first-order valence-corrected chi connectivity index (χ1v) is 8.27. The Balaban J connectivity index is 2.15. The van der Waals surface area contributed by atoms with Gasteiger partial charge in [-0.15, -0.1) is 0 Å². The molecule has 1 fully saturated rings. The Labute approximate surface area is 152 Å². The molecule has 1 aromatic rings. The first-order valence-electron chi connectivity index (χ1n) is 8.27. The van der Waals surface area contributed by atoms with E-state index in [0.717, 1.165) is 0 Å². The summed E-state index contributed by atoms with van der Waals surface area (Å²) in [6, 6.07) is 2.66. The molecule has 1 saturated heterocycles. The van der Waals surface area contributed by atoms with Crippen LogP contribution in [0.25, 0.3) is 0 Å². The molecule has 0 aliphatic carbocycles. The SMILES string of the molecule is COC[C@H]1CN(c2ccc([N+](=O)[O-])c(N)n2)CCN1C(=O)OC(C)(C)C. The number of nitrogen functional groups attached to an aromatic ring is 1. The number of nitrogens with two attached hydrogens (primary N) is 1. The Kier molecular flexibility index (Phi) is 5.86. The highest BCUT2D eigenvalue weighted by Gasteiger charge is 2.34. The zero-order valence-electron chi connectivity index (χ0n) is 15.5. The van der Waals surface area contributed by atoms with Gasteiger partial charge in [-0.1, -0.05) is 0 Å². The number of piperazine rings is 1. The summed E-state index contributed by atoms with van der Waals surface area (Å²) in [4.78, 5) is 30.4. The number of anilines is 2. The van der Waals surface area contributed by atoms with E-state index in [4.69, 9.17) is 15.2 Å². The molecule has 2 N–H and O–H groups in total. The molecule has 26 heavy (non-hydrogen) atoms. The molecule has 144 valence electrons. The van der Waals surface area contributed by atoms with Crippen LogP contribution in [0, 0.1) is 10.1 Å². The molecule has 1 aliphatic heterocycles. The van der Waals surface area contributed by atoms with Crippen LogP contribution < -0.4 is 10.6 Å². The van der Waals surface area contributed by atoms with Crippen LogP contribution in [0.4, 0.5) is 22.1 Å². The third-order valence-electron chi connectivity index (χ3n) is 3.88. The van der Waals surface area contributed by atoms with Crippen molar-refractivity contribution in [3.05, 3.63) is 22.2 Å². The molecule has 1 atom stereocenters. The highest BCUT2D eigenvalue weighted by Crippen LogP contribution is 2.25. The maximum atomic E-state index is 12.4. The smallest absolute Gasteiger partial charge is 0.410 e. The van der Waals surface area contributed by atoms with Crippen molar-refractivity contribution in [1.82, 2.24) is 9.88 Å². The van der Waals surface area contributed by atoms with Crippen LogP contribution in [-0.2, 0) is 9.47 Å². The minimum absolute atomic E-state index is 0.134. The number of pyridine rings is 1. The summed E-state index contributed by atoms with van der Waals surface area (Å²) in [5.74, 6) is 0.392. The Bertz CT molecular complexity index is 675. The average molecular weight is 367 g/mol. The molecule has 2 heterocycles. The largest absolute Gasteiger partial charge is 0.444 e. The Morgan fingerprint density at radius 3 is 2.65 bits per heavy atom. The number of carbonyl (C=O) groups excluding carboxylic acids is 1. The summed E-state index contributed by atoms with van der Waals surface area (Å²) in [6.45, 7) is 7.16. The lowest BCUT2D eigenvalue weighted by atomic mass is 10.1. The first kappa shape index (κ1) is 19.7. The molecule has 0 saturated carbocycles. The van der Waals surface area contributed by atoms with Crippen LogP contribution in [0.2, 0.25) is 0 Å². The second kappa shape index (κ2) is 7.73. The number of ether oxygens (including phenoxy) is 2. The van der Waals surface area contributed by atoms with E-state index in [0.29, 0.717) is 32.1 Å². The molecule has 0 unspecified atom stereocenters. The van der Waals surface area contributed by atoms with Gasteiger partial charge < -0.3 is 20.1 Å². The zero-order valence-corrected chi connectivity index (χ0v) is 15.5. The van der Waals surface area contributed by atoms with Crippen molar-refractivity contribution in [1.29, 1.82) is 0 Å². The highest BCUT2D eigenvalue weighted by atomic mass is 16.6. The summed E-state index contributed by atoms with van der Waals surface area (Å²) in [6.07, 6.45) is -0.393. The predicted molar refractivity (Wildman–Crippen MR) is 96.1 cm³/mol. The summed E-state index contributed by atoms with van der Waals surface area (Å²) < 4.78 is 10.7. The number of hydrogen-bond acceptors (Lipinski definition) is 8. The molecule has 0 radical (unpaired) electrons. The number of amides is 1. The molecular formula is C16H25N5O5. The van der Waals surface area contributed by atoms with Crippen molar-refractivity contribution in [2.45, 2.75) is 32.4 Å². The van der Waals surface area contributed by atoms with Crippen molar-refractivity contribution < 1.29 is 19.2 Å². The van der Waals surface area contributed by atoms with E-state index in [9.17, 15) is 14.9 Å². The summed E-state index contributed by atoms with van der Waals surface area (Å²) in [5.41, 5.74) is 4.87. The molecule has 0 spiro atoms. The van der Waals surface area contributed by atoms with Gasteiger partial charge in [-0.05, 0) is 26.8 Å². The fourth-order valence-electron chi connectivity index (χ4n) is 2.75. The van der Waals surface area contributed by atoms with E-state index in [1.807, 2.05) is 25.7 Å². The van der Waals surface area contributed by atoms with Gasteiger partial charge in [0.25, 0.3) is 0 Å². The standard InChI is InChI=1S/C16H25N5O5/c1-16(2,3)26-15(22)20-8-7-19(9-11(20)10-25-4)13-6-5-12(21(23)24)14(17)18-13/h5-6,11H,7-10H2,1-4H3,(H2,17,18)/t11-/m1/s1. The van der Waals surface area contributed by atoms with Gasteiger partial charge in [0.15, 0.2) is 0 Å². The number of aromatic nitrogens is 1. The summed E-state index contributed by atoms with van der Waals surface area (Å²) >= 11 is 0. The lowest BCUT2D eigenvalue weighted by molar-refractivity contribution is -0.384. The van der Waals surface area contributed by atoms with E-state index >= 15 is 0 Å². The van der Waals surface area contributed by atoms with Crippen LogP contribution in [0.5, 0.6) is 0 Å². The number of methoxy groups -OCH3 is 1. The maximum Gasteiger partial charge on any atom is 0.410 e. The molecule has 1 aliphatic rings. The molecule has 10 heteroatoms. The number of nitrogens with zero attached hydrogens (tertiary/aromatic N) is 4. The quantitative estimate of drug-likeness (QED) is 0.629. The minimum Gasteiger partial charge on any atom is -0.444 e. The maximum absolute atomic E-state index is 12.4. The molecule has 1 amide bonds. The third kappa shape index (κ3) is 4.72. The average Bonchev–Trinajstić information content (AvgIpc) is 2.53. The lowest BCUT2D eigenvalue weighted by Gasteiger charge is -2.41. The van der Waals surface area contributed by atoms with E-state index < -0.39 is 16.6 Å². The van der Waals surface area contributed by atoms with Crippen LogP contribution in [-0.4, -0.2) is 65.9 Å². The normalized spacial score (nSPS) is 17.9. The molecule has 1 aromatic heterocycles. The first-order chi connectivity index (χ1) is 12.1. The predicted octanol–water partition coefficient (Wildman–Crippen LogP) is 1.64. The molecule has 10 nitrogen and oxygen atoms in total. The van der Waals surface area contributed by atoms with Gasteiger partial charge in [0, 0.05) is 32.8 Å². The zero-order chi connectivity index (χ0) is 19.5. The van der Waals surface area contributed by atoms with Gasteiger partial charge in [-0.3, -0.25) is 15.0 Å². The van der Waals surface area contributed by atoms with Gasteiger partial charge in [0.2, 0.25) is 5.82 Å². The van der Waals surface area contributed by atoms with Crippen molar-refractivity contribution in [2.75, 3.05) is 44.0 Å². The Morgan fingerprint density at radius 1 is 1.42 bits per heavy atom. The minimum atomic E-state index is -0.583. The number of rotatable bonds is 4. The molecule has 0 bridgehead atoms. The van der Waals surface area contributed by atoms with Crippen molar-refractivity contribution in [3.63, 3.8) is 0 Å². The van der Waals surface area contributed by atoms with E-state index in [1.165, 1.54) is 6.07 Å². The third-order valence-corrected chi connectivity index (χ3v) is 3.88. The number of carbonyl (C=O) groups is 1. The highest BCUT2D eigenvalue weighted by molar-refractivity contribution is 5.69. The van der Waals surface area contributed by atoms with Crippen molar-refractivity contribution in [3.8, 4) is 0 Å². The van der Waals surface area contributed by atoms with Gasteiger partial charge in [-0.2, -0.15) is 0 Å². The topological polar surface area (TPSA) is 124 Å². The van der Waals surface area contributed by atoms with Crippen molar-refractivity contribution in [2.24, 2.45) is 0 Å². The van der Waals surface area contributed by atoms with Crippen LogP contribution in [0.1, 0.15) is 20.8 Å².